The molecule has 0 spiro atoms. The number of hydrogen-bond donors (Lipinski definition) is 0. The number of aromatic nitrogens is 3. The molecule has 0 saturated carbocycles. The molecule has 1 aliphatic heterocycles. The summed E-state index contributed by atoms with van der Waals surface area (Å²) in [6, 6.07) is 11.9. The van der Waals surface area contributed by atoms with Crippen molar-refractivity contribution in [3.05, 3.63) is 72.3 Å². The molecule has 5 rings (SSSR count). The fourth-order valence-electron chi connectivity index (χ4n) is 3.70. The van der Waals surface area contributed by atoms with Crippen LogP contribution in [0, 0.1) is 0 Å². The molecule has 2 aromatic heterocycles. The maximum absolute atomic E-state index is 13.3. The number of hydrogen-bond acceptors (Lipinski definition) is 6. The van der Waals surface area contributed by atoms with E-state index in [1.807, 2.05) is 35.0 Å². The van der Waals surface area contributed by atoms with E-state index in [0.29, 0.717) is 17.4 Å². The minimum Gasteiger partial charge on any atom is -0.454 e. The Labute approximate surface area is 208 Å². The summed E-state index contributed by atoms with van der Waals surface area (Å²) in [5.41, 5.74) is 3.06. The van der Waals surface area contributed by atoms with E-state index in [1.54, 1.807) is 40.9 Å². The highest BCUT2D eigenvalue weighted by Gasteiger charge is 2.18. The Hall–Kier alpha value is -3.36. The first-order valence-corrected chi connectivity index (χ1v) is 11.8. The number of aryl methyl sites for hydroxylation is 2. The first-order chi connectivity index (χ1) is 16.2. The molecule has 1 amide bonds. The summed E-state index contributed by atoms with van der Waals surface area (Å²) in [6.07, 6.45) is 10.6. The van der Waals surface area contributed by atoms with Gasteiger partial charge in [0.25, 0.3) is 5.91 Å². The lowest BCUT2D eigenvalue weighted by Crippen LogP contribution is -2.30. The van der Waals surface area contributed by atoms with Gasteiger partial charge in [-0.25, -0.2) is 9.97 Å². The third kappa shape index (κ3) is 5.24. The topological polar surface area (TPSA) is 69.5 Å². The van der Waals surface area contributed by atoms with E-state index < -0.39 is 0 Å². The van der Waals surface area contributed by atoms with Crippen molar-refractivity contribution in [3.8, 4) is 11.5 Å². The number of carbonyl (C=O) groups is 1. The molecule has 34 heavy (non-hydrogen) atoms. The fourth-order valence-corrected chi connectivity index (χ4v) is 4.76. The summed E-state index contributed by atoms with van der Waals surface area (Å²) in [5, 5.41) is 0.712. The van der Waals surface area contributed by atoms with Crippen LogP contribution in [0.5, 0.6) is 11.5 Å². The van der Waals surface area contributed by atoms with Gasteiger partial charge in [0.2, 0.25) is 6.79 Å². The van der Waals surface area contributed by atoms with E-state index in [1.165, 1.54) is 5.56 Å². The molecule has 3 heterocycles. The molecule has 0 atom stereocenters. The van der Waals surface area contributed by atoms with E-state index in [0.717, 1.165) is 40.9 Å². The fraction of sp³-hybridized carbons (Fsp3) is 0.240. The van der Waals surface area contributed by atoms with Gasteiger partial charge < -0.3 is 14.0 Å². The van der Waals surface area contributed by atoms with Gasteiger partial charge in [-0.3, -0.25) is 9.69 Å². The van der Waals surface area contributed by atoms with Crippen LogP contribution in [0.3, 0.4) is 0 Å². The number of fused-ring (bicyclic) bond motifs is 2. The molecular weight excluding hydrogens is 472 g/mol. The number of nitrogens with zero attached hydrogens (tertiary/aromatic N) is 4. The van der Waals surface area contributed by atoms with Gasteiger partial charge >= 0.3 is 0 Å². The first kappa shape index (κ1) is 23.8. The summed E-state index contributed by atoms with van der Waals surface area (Å²) >= 11 is 1.55. The SMILES string of the molecule is CCc1ccc2nc(N(CCCn3ccnc3)C(=O)/C=C/c3ccc4c(c3)OCO4)sc2c1.Cl. The Kier molecular flexibility index (Phi) is 7.49. The van der Waals surface area contributed by atoms with Crippen LogP contribution in [0.1, 0.15) is 24.5 Å². The molecule has 4 aromatic rings. The summed E-state index contributed by atoms with van der Waals surface area (Å²) < 4.78 is 13.9. The largest absolute Gasteiger partial charge is 0.454 e. The van der Waals surface area contributed by atoms with E-state index in [4.69, 9.17) is 14.5 Å². The maximum atomic E-state index is 13.3. The Morgan fingerprint density at radius 2 is 2.09 bits per heavy atom. The van der Waals surface area contributed by atoms with Crippen LogP contribution in [0.15, 0.2) is 61.2 Å². The maximum Gasteiger partial charge on any atom is 0.252 e. The second-order valence-corrected chi connectivity index (χ2v) is 8.75. The third-order valence-electron chi connectivity index (χ3n) is 5.52. The van der Waals surface area contributed by atoms with E-state index in [9.17, 15) is 4.79 Å². The van der Waals surface area contributed by atoms with Gasteiger partial charge in [0.05, 0.1) is 16.5 Å². The van der Waals surface area contributed by atoms with E-state index in [-0.39, 0.29) is 25.1 Å². The Balaban J connectivity index is 0.00000274. The van der Waals surface area contributed by atoms with Gasteiger partial charge in [-0.1, -0.05) is 30.4 Å². The van der Waals surface area contributed by atoms with Crippen molar-refractivity contribution in [2.24, 2.45) is 0 Å². The molecule has 0 fully saturated rings. The van der Waals surface area contributed by atoms with Gasteiger partial charge in [-0.2, -0.15) is 0 Å². The summed E-state index contributed by atoms with van der Waals surface area (Å²) in [7, 11) is 0. The normalized spacial score (nSPS) is 12.3. The average Bonchev–Trinajstić information content (AvgIpc) is 3.59. The van der Waals surface area contributed by atoms with Crippen LogP contribution in [0.4, 0.5) is 5.13 Å². The number of ether oxygens (including phenoxy) is 2. The lowest BCUT2D eigenvalue weighted by atomic mass is 10.2. The highest BCUT2D eigenvalue weighted by Crippen LogP contribution is 2.33. The zero-order chi connectivity index (χ0) is 22.6. The molecule has 0 N–H and O–H groups in total. The number of rotatable bonds is 8. The first-order valence-electron chi connectivity index (χ1n) is 10.9. The quantitative estimate of drug-likeness (QED) is 0.308. The lowest BCUT2D eigenvalue weighted by molar-refractivity contribution is -0.114. The highest BCUT2D eigenvalue weighted by atomic mass is 35.5. The van der Waals surface area contributed by atoms with E-state index >= 15 is 0 Å². The zero-order valence-electron chi connectivity index (χ0n) is 18.7. The Morgan fingerprint density at radius 1 is 1.21 bits per heavy atom. The standard InChI is InChI=1S/C25H24N4O3S.ClH/c1-2-18-4-7-20-23(15-18)33-25(27-20)29(12-3-11-28-13-10-26-16-28)24(30)9-6-19-5-8-21-22(14-19)32-17-31-21;/h4-10,13-16H,2-3,11-12,17H2,1H3;1H/b9-6+;. The van der Waals surface area contributed by atoms with Gasteiger partial charge in [0, 0.05) is 31.6 Å². The predicted octanol–water partition coefficient (Wildman–Crippen LogP) is 5.34. The van der Waals surface area contributed by atoms with Gasteiger partial charge in [0.15, 0.2) is 16.6 Å². The van der Waals surface area contributed by atoms with Crippen molar-refractivity contribution in [3.63, 3.8) is 0 Å². The summed E-state index contributed by atoms with van der Waals surface area (Å²) in [6.45, 7) is 3.70. The van der Waals surface area contributed by atoms with Gasteiger partial charge in [-0.05, 0) is 54.3 Å². The van der Waals surface area contributed by atoms with Crippen molar-refractivity contribution >= 4 is 51.1 Å². The number of thiazole rings is 1. The second kappa shape index (κ2) is 10.7. The van der Waals surface area contributed by atoms with Crippen LogP contribution in [-0.4, -0.2) is 33.8 Å². The Bertz CT molecular complexity index is 1300. The van der Waals surface area contributed by atoms with Gasteiger partial charge in [0.1, 0.15) is 0 Å². The van der Waals surface area contributed by atoms with Crippen molar-refractivity contribution in [1.82, 2.24) is 14.5 Å². The van der Waals surface area contributed by atoms with Crippen LogP contribution < -0.4 is 14.4 Å². The minimum atomic E-state index is -0.104. The molecule has 0 saturated heterocycles. The molecule has 0 radical (unpaired) electrons. The molecule has 9 heteroatoms. The number of carbonyl (C=O) groups excluding carboxylic acids is 1. The summed E-state index contributed by atoms with van der Waals surface area (Å²) in [5.74, 6) is 1.31. The lowest BCUT2D eigenvalue weighted by Gasteiger charge is -2.18. The molecule has 0 unspecified atom stereocenters. The monoisotopic (exact) mass is 496 g/mol. The number of amides is 1. The molecule has 2 aromatic carbocycles. The molecular formula is C25H25ClN4O3S. The number of benzene rings is 2. The predicted molar refractivity (Wildman–Crippen MR) is 137 cm³/mol. The highest BCUT2D eigenvalue weighted by molar-refractivity contribution is 7.22. The molecule has 0 aliphatic carbocycles. The summed E-state index contributed by atoms with van der Waals surface area (Å²) in [4.78, 5) is 23.9. The van der Waals surface area contributed by atoms with Crippen LogP contribution >= 0.6 is 23.7 Å². The van der Waals surface area contributed by atoms with E-state index in [2.05, 4.69) is 24.0 Å². The second-order valence-electron chi connectivity index (χ2n) is 7.74. The number of halogens is 1. The third-order valence-corrected chi connectivity index (χ3v) is 6.56. The number of anilines is 1. The smallest absolute Gasteiger partial charge is 0.252 e. The molecule has 1 aliphatic rings. The zero-order valence-corrected chi connectivity index (χ0v) is 20.3. The Morgan fingerprint density at radius 3 is 2.91 bits per heavy atom. The van der Waals surface area contributed by atoms with Crippen molar-refractivity contribution < 1.29 is 14.3 Å². The molecule has 176 valence electrons. The minimum absolute atomic E-state index is 0. The van der Waals surface area contributed by atoms with Crippen LogP contribution in [0.25, 0.3) is 16.3 Å². The average molecular weight is 497 g/mol. The molecule has 7 nitrogen and oxygen atoms in total. The number of imidazole rings is 1. The van der Waals surface area contributed by atoms with Crippen molar-refractivity contribution in [2.75, 3.05) is 18.2 Å². The van der Waals surface area contributed by atoms with Gasteiger partial charge in [-0.15, -0.1) is 12.4 Å². The molecule has 0 bridgehead atoms. The van der Waals surface area contributed by atoms with Crippen LogP contribution in [0.2, 0.25) is 0 Å². The van der Waals surface area contributed by atoms with Crippen molar-refractivity contribution in [2.45, 2.75) is 26.3 Å². The van der Waals surface area contributed by atoms with Crippen LogP contribution in [-0.2, 0) is 17.8 Å². The van der Waals surface area contributed by atoms with Crippen molar-refractivity contribution in [1.29, 1.82) is 0 Å².